The second kappa shape index (κ2) is 6.20. The number of benzene rings is 1. The summed E-state index contributed by atoms with van der Waals surface area (Å²) < 4.78 is 15.1. The van der Waals surface area contributed by atoms with E-state index in [1.54, 1.807) is 12.1 Å². The number of hydrogen-bond donors (Lipinski definition) is 1. The van der Waals surface area contributed by atoms with Crippen LogP contribution in [0.25, 0.3) is 16.9 Å². The lowest BCUT2D eigenvalue weighted by Gasteiger charge is -2.11. The molecule has 0 saturated heterocycles. The van der Waals surface area contributed by atoms with Gasteiger partial charge in [0.25, 0.3) is 5.91 Å². The lowest BCUT2D eigenvalue weighted by molar-refractivity contribution is 0.0935. The van der Waals surface area contributed by atoms with Gasteiger partial charge in [-0.25, -0.2) is 9.37 Å². The van der Waals surface area contributed by atoms with Crippen LogP contribution in [-0.2, 0) is 0 Å². The van der Waals surface area contributed by atoms with E-state index >= 15 is 0 Å². The SMILES string of the molecule is CC[C@H](C)NC(=O)c1nc2ccccn2c1-c1ccc(F)cc1. The number of pyridine rings is 1. The van der Waals surface area contributed by atoms with E-state index in [1.165, 1.54) is 12.1 Å². The molecule has 3 rings (SSSR count). The highest BCUT2D eigenvalue weighted by Gasteiger charge is 2.21. The number of nitrogens with one attached hydrogen (secondary N) is 1. The van der Waals surface area contributed by atoms with Crippen molar-refractivity contribution in [2.75, 3.05) is 0 Å². The summed E-state index contributed by atoms with van der Waals surface area (Å²) in [4.78, 5) is 17.0. The summed E-state index contributed by atoms with van der Waals surface area (Å²) in [6, 6.07) is 11.7. The zero-order chi connectivity index (χ0) is 16.4. The minimum Gasteiger partial charge on any atom is -0.348 e. The van der Waals surface area contributed by atoms with Crippen molar-refractivity contribution in [2.45, 2.75) is 26.3 Å². The Morgan fingerprint density at radius 3 is 2.70 bits per heavy atom. The summed E-state index contributed by atoms with van der Waals surface area (Å²) in [5.41, 5.74) is 2.45. The molecule has 2 aromatic heterocycles. The first-order valence-electron chi connectivity index (χ1n) is 7.64. The highest BCUT2D eigenvalue weighted by molar-refractivity contribution is 5.99. The molecule has 0 fully saturated rings. The molecule has 0 bridgehead atoms. The number of nitrogens with zero attached hydrogens (tertiary/aromatic N) is 2. The van der Waals surface area contributed by atoms with E-state index in [0.717, 1.165) is 12.0 Å². The summed E-state index contributed by atoms with van der Waals surface area (Å²) in [6.45, 7) is 3.96. The van der Waals surface area contributed by atoms with Gasteiger partial charge in [-0.3, -0.25) is 9.20 Å². The quantitative estimate of drug-likeness (QED) is 0.799. The third-order valence-electron chi connectivity index (χ3n) is 3.85. The molecule has 1 amide bonds. The van der Waals surface area contributed by atoms with Crippen LogP contribution in [0.3, 0.4) is 0 Å². The molecule has 3 aromatic rings. The Morgan fingerprint density at radius 2 is 2.00 bits per heavy atom. The third-order valence-corrected chi connectivity index (χ3v) is 3.85. The van der Waals surface area contributed by atoms with Gasteiger partial charge in [-0.1, -0.05) is 13.0 Å². The van der Waals surface area contributed by atoms with Gasteiger partial charge in [0, 0.05) is 17.8 Å². The van der Waals surface area contributed by atoms with E-state index in [2.05, 4.69) is 10.3 Å². The summed E-state index contributed by atoms with van der Waals surface area (Å²) in [6.07, 6.45) is 2.69. The van der Waals surface area contributed by atoms with Crippen LogP contribution in [0.5, 0.6) is 0 Å². The van der Waals surface area contributed by atoms with Gasteiger partial charge in [0.2, 0.25) is 0 Å². The summed E-state index contributed by atoms with van der Waals surface area (Å²) in [7, 11) is 0. The largest absolute Gasteiger partial charge is 0.348 e. The molecule has 5 heteroatoms. The minimum absolute atomic E-state index is 0.0633. The third kappa shape index (κ3) is 2.95. The average Bonchev–Trinajstić information content (AvgIpc) is 2.95. The molecule has 2 heterocycles. The zero-order valence-electron chi connectivity index (χ0n) is 13.1. The molecule has 4 nitrogen and oxygen atoms in total. The van der Waals surface area contributed by atoms with Gasteiger partial charge < -0.3 is 5.32 Å². The van der Waals surface area contributed by atoms with Gasteiger partial charge in [0.1, 0.15) is 11.5 Å². The monoisotopic (exact) mass is 311 g/mol. The van der Waals surface area contributed by atoms with E-state index in [9.17, 15) is 9.18 Å². The van der Waals surface area contributed by atoms with E-state index < -0.39 is 0 Å². The molecule has 0 aliphatic rings. The van der Waals surface area contributed by atoms with Gasteiger partial charge in [-0.15, -0.1) is 0 Å². The van der Waals surface area contributed by atoms with Crippen LogP contribution in [0.15, 0.2) is 48.7 Å². The molecule has 1 aromatic carbocycles. The van der Waals surface area contributed by atoms with Crippen molar-refractivity contribution in [3.8, 4) is 11.3 Å². The molecule has 0 unspecified atom stereocenters. The fourth-order valence-electron chi connectivity index (χ4n) is 2.43. The van der Waals surface area contributed by atoms with Gasteiger partial charge in [-0.05, 0) is 49.7 Å². The van der Waals surface area contributed by atoms with Crippen molar-refractivity contribution in [3.05, 3.63) is 60.2 Å². The molecule has 1 atom stereocenters. The van der Waals surface area contributed by atoms with Crippen molar-refractivity contribution >= 4 is 11.6 Å². The Kier molecular flexibility index (Phi) is 4.10. The lowest BCUT2D eigenvalue weighted by Crippen LogP contribution is -2.32. The molecule has 0 saturated carbocycles. The number of rotatable bonds is 4. The van der Waals surface area contributed by atoms with Gasteiger partial charge in [0.05, 0.1) is 5.69 Å². The number of hydrogen-bond acceptors (Lipinski definition) is 2. The van der Waals surface area contributed by atoms with Crippen LogP contribution in [-0.4, -0.2) is 21.3 Å². The fourth-order valence-corrected chi connectivity index (χ4v) is 2.43. The molecule has 0 radical (unpaired) electrons. The summed E-state index contributed by atoms with van der Waals surface area (Å²) >= 11 is 0. The number of carbonyl (C=O) groups is 1. The maximum absolute atomic E-state index is 13.2. The van der Waals surface area contributed by atoms with Crippen molar-refractivity contribution in [1.29, 1.82) is 0 Å². The van der Waals surface area contributed by atoms with Crippen LogP contribution >= 0.6 is 0 Å². The maximum atomic E-state index is 13.2. The summed E-state index contributed by atoms with van der Waals surface area (Å²) in [5.74, 6) is -0.532. The molecule has 0 aliphatic carbocycles. The van der Waals surface area contributed by atoms with Crippen LogP contribution in [0.2, 0.25) is 0 Å². The van der Waals surface area contributed by atoms with Crippen LogP contribution < -0.4 is 5.32 Å². The first-order valence-corrected chi connectivity index (χ1v) is 7.64. The Hall–Kier alpha value is -2.69. The normalized spacial score (nSPS) is 12.3. The molecular weight excluding hydrogens is 293 g/mol. The number of amides is 1. The lowest BCUT2D eigenvalue weighted by atomic mass is 10.1. The highest BCUT2D eigenvalue weighted by atomic mass is 19.1. The average molecular weight is 311 g/mol. The minimum atomic E-state index is -0.312. The maximum Gasteiger partial charge on any atom is 0.272 e. The fraction of sp³-hybridized carbons (Fsp3) is 0.222. The molecule has 1 N–H and O–H groups in total. The molecule has 23 heavy (non-hydrogen) atoms. The molecule has 118 valence electrons. The van der Waals surface area contributed by atoms with Crippen LogP contribution in [0, 0.1) is 5.82 Å². The van der Waals surface area contributed by atoms with Gasteiger partial charge >= 0.3 is 0 Å². The predicted molar refractivity (Wildman–Crippen MR) is 87.8 cm³/mol. The van der Waals surface area contributed by atoms with Crippen molar-refractivity contribution in [1.82, 2.24) is 14.7 Å². The van der Waals surface area contributed by atoms with E-state index in [1.807, 2.05) is 42.6 Å². The number of halogens is 1. The van der Waals surface area contributed by atoms with Crippen LogP contribution in [0.4, 0.5) is 4.39 Å². The topological polar surface area (TPSA) is 46.4 Å². The Bertz CT molecular complexity index is 839. The zero-order valence-corrected chi connectivity index (χ0v) is 13.1. The van der Waals surface area contributed by atoms with E-state index in [4.69, 9.17) is 0 Å². The van der Waals surface area contributed by atoms with Crippen molar-refractivity contribution in [2.24, 2.45) is 0 Å². The number of carbonyl (C=O) groups excluding carboxylic acids is 1. The van der Waals surface area contributed by atoms with Crippen LogP contribution in [0.1, 0.15) is 30.8 Å². The number of aromatic nitrogens is 2. The Labute approximate surface area is 134 Å². The number of fused-ring (bicyclic) bond motifs is 1. The smallest absolute Gasteiger partial charge is 0.272 e. The second-order valence-corrected chi connectivity index (χ2v) is 5.53. The second-order valence-electron chi connectivity index (χ2n) is 5.53. The van der Waals surface area contributed by atoms with Gasteiger partial charge in [-0.2, -0.15) is 0 Å². The highest BCUT2D eigenvalue weighted by Crippen LogP contribution is 2.25. The number of imidazole rings is 1. The van der Waals surface area contributed by atoms with Gasteiger partial charge in [0.15, 0.2) is 5.69 Å². The predicted octanol–water partition coefficient (Wildman–Crippen LogP) is 3.67. The Balaban J connectivity index is 2.15. The first kappa shape index (κ1) is 15.2. The van der Waals surface area contributed by atoms with Crippen molar-refractivity contribution < 1.29 is 9.18 Å². The Morgan fingerprint density at radius 1 is 1.26 bits per heavy atom. The first-order chi connectivity index (χ1) is 11.1. The molecule has 0 aliphatic heterocycles. The standard InChI is InChI=1S/C18H18FN3O/c1-3-12(2)20-18(23)16-17(13-7-9-14(19)10-8-13)22-11-5-4-6-15(22)21-16/h4-12H,3H2,1-2H3,(H,20,23)/t12-/m0/s1. The summed E-state index contributed by atoms with van der Waals surface area (Å²) in [5, 5.41) is 2.94. The van der Waals surface area contributed by atoms with E-state index in [0.29, 0.717) is 17.0 Å². The molecular formula is C18H18FN3O. The van der Waals surface area contributed by atoms with E-state index in [-0.39, 0.29) is 17.8 Å². The molecule has 0 spiro atoms. The van der Waals surface area contributed by atoms with Crippen molar-refractivity contribution in [3.63, 3.8) is 0 Å².